The van der Waals surface area contributed by atoms with Crippen LogP contribution < -0.4 is 0 Å². The summed E-state index contributed by atoms with van der Waals surface area (Å²) in [5.74, 6) is -1.36. The Hall–Kier alpha value is -0.0700. The standard InChI is InChI=1S/C12H14BrF3OS/c13-9-4-10(18-7-9)6-11(17)3-1-2-8(5-11)12(14,15)16/h4,7-8,17H,1-3,5-6H2. The fourth-order valence-corrected chi connectivity index (χ4v) is 4.14. The molecule has 0 aromatic carbocycles. The molecule has 2 atom stereocenters. The van der Waals surface area contributed by atoms with Crippen LogP contribution in [-0.2, 0) is 6.42 Å². The zero-order valence-electron chi connectivity index (χ0n) is 9.63. The summed E-state index contributed by atoms with van der Waals surface area (Å²) in [4.78, 5) is 0.923. The van der Waals surface area contributed by atoms with Crippen LogP contribution >= 0.6 is 27.3 Å². The van der Waals surface area contributed by atoms with E-state index >= 15 is 0 Å². The van der Waals surface area contributed by atoms with Crippen LogP contribution in [0.2, 0.25) is 0 Å². The van der Waals surface area contributed by atoms with Gasteiger partial charge in [-0.15, -0.1) is 11.3 Å². The first-order chi connectivity index (χ1) is 8.28. The molecule has 0 saturated heterocycles. The molecule has 1 saturated carbocycles. The van der Waals surface area contributed by atoms with E-state index in [1.54, 1.807) is 0 Å². The van der Waals surface area contributed by atoms with Gasteiger partial charge in [0.2, 0.25) is 0 Å². The lowest BCUT2D eigenvalue weighted by Gasteiger charge is -2.37. The Balaban J connectivity index is 2.06. The molecule has 0 radical (unpaired) electrons. The quantitative estimate of drug-likeness (QED) is 0.836. The highest BCUT2D eigenvalue weighted by atomic mass is 79.9. The first-order valence-corrected chi connectivity index (χ1v) is 7.48. The Morgan fingerprint density at radius 2 is 2.22 bits per heavy atom. The van der Waals surface area contributed by atoms with Crippen molar-refractivity contribution in [2.24, 2.45) is 5.92 Å². The molecule has 1 N–H and O–H groups in total. The molecule has 1 fully saturated rings. The van der Waals surface area contributed by atoms with Crippen molar-refractivity contribution in [1.29, 1.82) is 0 Å². The minimum atomic E-state index is -4.19. The summed E-state index contributed by atoms with van der Waals surface area (Å²) in [7, 11) is 0. The lowest BCUT2D eigenvalue weighted by molar-refractivity contribution is -0.200. The maximum absolute atomic E-state index is 12.7. The monoisotopic (exact) mass is 342 g/mol. The second-order valence-electron chi connectivity index (χ2n) is 4.97. The highest BCUT2D eigenvalue weighted by Gasteiger charge is 2.46. The van der Waals surface area contributed by atoms with Gasteiger partial charge in [0, 0.05) is 21.2 Å². The number of rotatable bonds is 2. The molecule has 2 rings (SSSR count). The molecule has 102 valence electrons. The number of thiophene rings is 1. The molecule has 1 aliphatic carbocycles. The van der Waals surface area contributed by atoms with Crippen molar-refractivity contribution in [3.05, 3.63) is 20.8 Å². The molecule has 18 heavy (non-hydrogen) atoms. The van der Waals surface area contributed by atoms with E-state index in [1.807, 2.05) is 11.4 Å². The third kappa shape index (κ3) is 3.48. The molecule has 1 heterocycles. The third-order valence-corrected chi connectivity index (χ3v) is 5.11. The molecular formula is C12H14BrF3OS. The van der Waals surface area contributed by atoms with E-state index in [2.05, 4.69) is 15.9 Å². The number of halogens is 4. The second kappa shape index (κ2) is 5.13. The molecular weight excluding hydrogens is 329 g/mol. The van der Waals surface area contributed by atoms with Crippen molar-refractivity contribution in [1.82, 2.24) is 0 Å². The van der Waals surface area contributed by atoms with Gasteiger partial charge in [-0.1, -0.05) is 0 Å². The maximum Gasteiger partial charge on any atom is 0.391 e. The van der Waals surface area contributed by atoms with E-state index in [-0.39, 0.29) is 12.8 Å². The Morgan fingerprint density at radius 1 is 1.50 bits per heavy atom. The van der Waals surface area contributed by atoms with Gasteiger partial charge in [-0.2, -0.15) is 13.2 Å². The van der Waals surface area contributed by atoms with Crippen LogP contribution in [-0.4, -0.2) is 16.9 Å². The van der Waals surface area contributed by atoms with Gasteiger partial charge in [0.15, 0.2) is 0 Å². The van der Waals surface area contributed by atoms with Crippen LogP contribution in [0.3, 0.4) is 0 Å². The number of aliphatic hydroxyl groups is 1. The largest absolute Gasteiger partial charge is 0.391 e. The van der Waals surface area contributed by atoms with Gasteiger partial charge in [-0.25, -0.2) is 0 Å². The Kier molecular flexibility index (Phi) is 4.09. The van der Waals surface area contributed by atoms with E-state index in [4.69, 9.17) is 0 Å². The van der Waals surface area contributed by atoms with Crippen LogP contribution in [0.5, 0.6) is 0 Å². The van der Waals surface area contributed by atoms with E-state index in [1.165, 1.54) is 11.3 Å². The normalized spacial score (nSPS) is 29.5. The summed E-state index contributed by atoms with van der Waals surface area (Å²) in [5.41, 5.74) is -1.21. The van der Waals surface area contributed by atoms with Crippen molar-refractivity contribution in [2.45, 2.75) is 43.9 Å². The van der Waals surface area contributed by atoms with Crippen molar-refractivity contribution < 1.29 is 18.3 Å². The summed E-state index contributed by atoms with van der Waals surface area (Å²) in [6, 6.07) is 1.86. The number of hydrogen-bond donors (Lipinski definition) is 1. The highest BCUT2D eigenvalue weighted by Crippen LogP contribution is 2.43. The molecule has 0 spiro atoms. The minimum Gasteiger partial charge on any atom is -0.389 e. The van der Waals surface area contributed by atoms with E-state index < -0.39 is 17.7 Å². The number of alkyl halides is 3. The van der Waals surface area contributed by atoms with Crippen molar-refractivity contribution in [2.75, 3.05) is 0 Å². The summed E-state index contributed by atoms with van der Waals surface area (Å²) in [6.45, 7) is 0. The van der Waals surface area contributed by atoms with Crippen molar-refractivity contribution in [3.63, 3.8) is 0 Å². The fourth-order valence-electron chi connectivity index (χ4n) is 2.55. The summed E-state index contributed by atoms with van der Waals surface area (Å²) >= 11 is 4.77. The predicted octanol–water partition coefficient (Wildman–Crippen LogP) is 4.54. The topological polar surface area (TPSA) is 20.2 Å². The minimum absolute atomic E-state index is 0.139. The van der Waals surface area contributed by atoms with Gasteiger partial charge < -0.3 is 5.11 Å². The molecule has 1 aliphatic rings. The Labute approximate surface area is 116 Å². The predicted molar refractivity (Wildman–Crippen MR) is 68.7 cm³/mol. The third-order valence-electron chi connectivity index (χ3n) is 3.41. The lowest BCUT2D eigenvalue weighted by atomic mass is 9.76. The zero-order valence-corrected chi connectivity index (χ0v) is 12.0. The summed E-state index contributed by atoms with van der Waals surface area (Å²) in [5, 5.41) is 12.2. The van der Waals surface area contributed by atoms with Gasteiger partial charge in [-0.3, -0.25) is 0 Å². The van der Waals surface area contributed by atoms with E-state index in [0.717, 1.165) is 9.35 Å². The molecule has 0 bridgehead atoms. The highest BCUT2D eigenvalue weighted by molar-refractivity contribution is 9.10. The molecule has 0 aliphatic heterocycles. The number of hydrogen-bond acceptors (Lipinski definition) is 2. The first-order valence-electron chi connectivity index (χ1n) is 5.80. The summed E-state index contributed by atoms with van der Waals surface area (Å²) < 4.78 is 39.0. The van der Waals surface area contributed by atoms with Gasteiger partial charge in [-0.05, 0) is 47.7 Å². The average Bonchev–Trinajstić information content (AvgIpc) is 2.62. The first kappa shape index (κ1) is 14.3. The molecule has 2 unspecified atom stereocenters. The van der Waals surface area contributed by atoms with Gasteiger partial charge in [0.25, 0.3) is 0 Å². The van der Waals surface area contributed by atoms with Crippen LogP contribution in [0.4, 0.5) is 13.2 Å². The fraction of sp³-hybridized carbons (Fsp3) is 0.667. The van der Waals surface area contributed by atoms with Gasteiger partial charge >= 0.3 is 6.18 Å². The Bertz CT molecular complexity index is 418. The molecule has 0 amide bonds. The van der Waals surface area contributed by atoms with Crippen LogP contribution in [0.15, 0.2) is 15.9 Å². The van der Waals surface area contributed by atoms with Crippen LogP contribution in [0.25, 0.3) is 0 Å². The van der Waals surface area contributed by atoms with Crippen LogP contribution in [0, 0.1) is 5.92 Å². The van der Waals surface area contributed by atoms with Gasteiger partial charge in [0.1, 0.15) is 0 Å². The van der Waals surface area contributed by atoms with Gasteiger partial charge in [0.05, 0.1) is 11.5 Å². The average molecular weight is 343 g/mol. The van der Waals surface area contributed by atoms with Crippen LogP contribution in [0.1, 0.15) is 30.6 Å². The van der Waals surface area contributed by atoms with E-state index in [0.29, 0.717) is 19.3 Å². The lowest BCUT2D eigenvalue weighted by Crippen LogP contribution is -2.41. The smallest absolute Gasteiger partial charge is 0.389 e. The Morgan fingerprint density at radius 3 is 2.78 bits per heavy atom. The second-order valence-corrected chi connectivity index (χ2v) is 6.88. The molecule has 6 heteroatoms. The molecule has 1 aromatic rings. The molecule has 1 aromatic heterocycles. The van der Waals surface area contributed by atoms with Crippen molar-refractivity contribution >= 4 is 27.3 Å². The zero-order chi connectivity index (χ0) is 13.4. The molecule has 1 nitrogen and oxygen atoms in total. The SMILES string of the molecule is OC1(Cc2cc(Br)cs2)CCCC(C(F)(F)F)C1. The van der Waals surface area contributed by atoms with Crippen molar-refractivity contribution in [3.8, 4) is 0 Å². The van der Waals surface area contributed by atoms with E-state index in [9.17, 15) is 18.3 Å². The maximum atomic E-state index is 12.7. The summed E-state index contributed by atoms with van der Waals surface area (Å²) in [6.07, 6.45) is -3.02.